The molecule has 1 aliphatic carbocycles. The van der Waals surface area contributed by atoms with Crippen molar-refractivity contribution in [2.75, 3.05) is 6.61 Å². The summed E-state index contributed by atoms with van der Waals surface area (Å²) in [6.45, 7) is 12.1. The van der Waals surface area contributed by atoms with Gasteiger partial charge in [-0.05, 0) is 50.4 Å². The lowest BCUT2D eigenvalue weighted by Crippen LogP contribution is -2.45. The van der Waals surface area contributed by atoms with Gasteiger partial charge in [0.1, 0.15) is 5.60 Å². The van der Waals surface area contributed by atoms with E-state index in [9.17, 15) is 18.4 Å². The van der Waals surface area contributed by atoms with E-state index in [1.807, 2.05) is 20.8 Å². The number of hydrogen-bond acceptors (Lipinski definition) is 4. The first kappa shape index (κ1) is 24.8. The fourth-order valence-electron chi connectivity index (χ4n) is 3.80. The van der Waals surface area contributed by atoms with Gasteiger partial charge in [-0.1, -0.05) is 41.0 Å². The van der Waals surface area contributed by atoms with Gasteiger partial charge in [0.15, 0.2) is 6.61 Å². The smallest absolute Gasteiger partial charge is 0.312 e. The molecule has 0 heterocycles. The zero-order chi connectivity index (χ0) is 21.8. The van der Waals surface area contributed by atoms with E-state index in [4.69, 9.17) is 9.47 Å². The van der Waals surface area contributed by atoms with Crippen molar-refractivity contribution in [2.45, 2.75) is 105 Å². The third kappa shape index (κ3) is 7.00. The number of rotatable bonds is 10. The van der Waals surface area contributed by atoms with E-state index in [-0.39, 0.29) is 23.7 Å². The Hall–Kier alpha value is -1.20. The third-order valence-corrected chi connectivity index (χ3v) is 6.32. The molecule has 164 valence electrons. The lowest BCUT2D eigenvalue weighted by molar-refractivity contribution is -0.182. The van der Waals surface area contributed by atoms with Crippen LogP contribution < -0.4 is 0 Å². The lowest BCUT2D eigenvalue weighted by Gasteiger charge is -2.41. The molecule has 28 heavy (non-hydrogen) atoms. The number of halogens is 2. The highest BCUT2D eigenvalue weighted by molar-refractivity contribution is 5.78. The second-order valence-corrected chi connectivity index (χ2v) is 9.95. The Labute approximate surface area is 168 Å². The molecule has 4 nitrogen and oxygen atoms in total. The van der Waals surface area contributed by atoms with Crippen LogP contribution in [0.25, 0.3) is 0 Å². The fourth-order valence-corrected chi connectivity index (χ4v) is 3.80. The summed E-state index contributed by atoms with van der Waals surface area (Å²) in [5.74, 6) is -4.05. The minimum Gasteiger partial charge on any atom is -0.459 e. The second kappa shape index (κ2) is 9.08. The Morgan fingerprint density at radius 2 is 1.61 bits per heavy atom. The topological polar surface area (TPSA) is 52.6 Å². The van der Waals surface area contributed by atoms with Gasteiger partial charge in [-0.3, -0.25) is 9.59 Å². The number of esters is 2. The highest BCUT2D eigenvalue weighted by atomic mass is 19.3. The van der Waals surface area contributed by atoms with Crippen molar-refractivity contribution < 1.29 is 27.8 Å². The van der Waals surface area contributed by atoms with Gasteiger partial charge in [-0.25, -0.2) is 8.78 Å². The Bertz CT molecular complexity index is 545. The van der Waals surface area contributed by atoms with E-state index >= 15 is 0 Å². The predicted octanol–water partition coefficient (Wildman–Crippen LogP) is 5.92. The van der Waals surface area contributed by atoms with Gasteiger partial charge in [0.25, 0.3) is 5.92 Å². The maximum atomic E-state index is 13.3. The molecule has 0 amide bonds. The van der Waals surface area contributed by atoms with Crippen molar-refractivity contribution >= 4 is 11.9 Å². The number of carbonyl (C=O) groups is 2. The van der Waals surface area contributed by atoms with Crippen molar-refractivity contribution in [2.24, 2.45) is 16.7 Å². The third-order valence-electron chi connectivity index (χ3n) is 6.32. The van der Waals surface area contributed by atoms with Crippen LogP contribution >= 0.6 is 0 Å². The average Bonchev–Trinajstić information content (AvgIpc) is 2.99. The predicted molar refractivity (Wildman–Crippen MR) is 105 cm³/mol. The van der Waals surface area contributed by atoms with Gasteiger partial charge in [0, 0.05) is 6.92 Å². The Morgan fingerprint density at radius 3 is 2.04 bits per heavy atom. The molecule has 6 heteroatoms. The van der Waals surface area contributed by atoms with Crippen molar-refractivity contribution in [1.29, 1.82) is 0 Å². The SMILES string of the molecule is CCC(C)(C)CC(C)(C(=O)OC1(CC(=O)OCC(C)(F)F)CCCC1)C(C)C. The molecule has 0 spiro atoms. The quantitative estimate of drug-likeness (QED) is 0.424. The van der Waals surface area contributed by atoms with E-state index in [0.717, 1.165) is 19.3 Å². The summed E-state index contributed by atoms with van der Waals surface area (Å²) in [6, 6.07) is 0. The van der Waals surface area contributed by atoms with E-state index in [1.54, 1.807) is 0 Å². The van der Waals surface area contributed by atoms with Gasteiger partial charge < -0.3 is 9.47 Å². The first-order chi connectivity index (χ1) is 12.6. The van der Waals surface area contributed by atoms with Gasteiger partial charge in [0.2, 0.25) is 0 Å². The molecule has 0 aromatic heterocycles. The van der Waals surface area contributed by atoms with Crippen molar-refractivity contribution in [3.8, 4) is 0 Å². The van der Waals surface area contributed by atoms with Crippen molar-refractivity contribution in [3.63, 3.8) is 0 Å². The molecule has 0 bridgehead atoms. The standard InChI is InChI=1S/C22H38F2O4/c1-8-19(4,5)14-20(6,16(2)3)18(26)28-22(11-9-10-12-22)13-17(25)27-15-21(7,23)24/h16H,8-15H2,1-7H3. The highest BCUT2D eigenvalue weighted by Gasteiger charge is 2.48. The molecule has 0 radical (unpaired) electrons. The molecule has 1 aliphatic rings. The molecule has 0 saturated heterocycles. The number of hydrogen-bond donors (Lipinski definition) is 0. The van der Waals surface area contributed by atoms with Gasteiger partial charge in [0.05, 0.1) is 11.8 Å². The van der Waals surface area contributed by atoms with Crippen molar-refractivity contribution in [3.05, 3.63) is 0 Å². The molecule has 0 aromatic rings. The van der Waals surface area contributed by atoms with Crippen LogP contribution in [0.5, 0.6) is 0 Å². The van der Waals surface area contributed by atoms with Gasteiger partial charge in [-0.2, -0.15) is 0 Å². The van der Waals surface area contributed by atoms with Gasteiger partial charge in [-0.15, -0.1) is 0 Å². The van der Waals surface area contributed by atoms with E-state index in [1.165, 1.54) is 0 Å². The summed E-state index contributed by atoms with van der Waals surface area (Å²) in [5, 5.41) is 0. The van der Waals surface area contributed by atoms with Crippen LogP contribution in [-0.4, -0.2) is 30.1 Å². The summed E-state index contributed by atoms with van der Waals surface area (Å²) < 4.78 is 36.7. The minimum atomic E-state index is -3.07. The zero-order valence-electron chi connectivity index (χ0n) is 18.6. The molecule has 1 atom stereocenters. The Morgan fingerprint density at radius 1 is 1.07 bits per heavy atom. The molecule has 0 aromatic carbocycles. The van der Waals surface area contributed by atoms with Crippen LogP contribution in [0.2, 0.25) is 0 Å². The average molecular weight is 405 g/mol. The molecular formula is C22H38F2O4. The monoisotopic (exact) mass is 404 g/mol. The number of carbonyl (C=O) groups excluding carboxylic acids is 2. The highest BCUT2D eigenvalue weighted by Crippen LogP contribution is 2.45. The van der Waals surface area contributed by atoms with Crippen LogP contribution in [0.1, 0.15) is 93.4 Å². The summed E-state index contributed by atoms with van der Waals surface area (Å²) in [7, 11) is 0. The molecule has 1 rings (SSSR count). The van der Waals surface area contributed by atoms with E-state index in [0.29, 0.717) is 26.2 Å². The first-order valence-electron chi connectivity index (χ1n) is 10.4. The Balaban J connectivity index is 2.93. The molecule has 0 N–H and O–H groups in total. The van der Waals surface area contributed by atoms with Crippen LogP contribution in [-0.2, 0) is 19.1 Å². The zero-order valence-corrected chi connectivity index (χ0v) is 18.6. The normalized spacial score (nSPS) is 19.4. The van der Waals surface area contributed by atoms with Gasteiger partial charge >= 0.3 is 11.9 Å². The second-order valence-electron chi connectivity index (χ2n) is 9.95. The van der Waals surface area contributed by atoms with Crippen LogP contribution in [0.4, 0.5) is 8.78 Å². The molecule has 1 unspecified atom stereocenters. The summed E-state index contributed by atoms with van der Waals surface area (Å²) in [4.78, 5) is 25.4. The lowest BCUT2D eigenvalue weighted by atomic mass is 9.67. The fraction of sp³-hybridized carbons (Fsp3) is 0.909. The van der Waals surface area contributed by atoms with Crippen LogP contribution in [0.3, 0.4) is 0 Å². The minimum absolute atomic E-state index is 0.0213. The maximum Gasteiger partial charge on any atom is 0.312 e. The van der Waals surface area contributed by atoms with E-state index in [2.05, 4.69) is 20.8 Å². The number of alkyl halides is 2. The molecule has 1 saturated carbocycles. The summed E-state index contributed by atoms with van der Waals surface area (Å²) >= 11 is 0. The van der Waals surface area contributed by atoms with Crippen LogP contribution in [0, 0.1) is 16.7 Å². The van der Waals surface area contributed by atoms with E-state index < -0.39 is 29.5 Å². The van der Waals surface area contributed by atoms with Crippen LogP contribution in [0.15, 0.2) is 0 Å². The maximum absolute atomic E-state index is 13.3. The number of ether oxygens (including phenoxy) is 2. The Kier molecular flexibility index (Phi) is 8.06. The molecule has 1 fully saturated rings. The first-order valence-corrected chi connectivity index (χ1v) is 10.4. The van der Waals surface area contributed by atoms with Crippen molar-refractivity contribution in [1.82, 2.24) is 0 Å². The summed E-state index contributed by atoms with van der Waals surface area (Å²) in [6.07, 6.45) is 4.23. The molecular weight excluding hydrogens is 366 g/mol. The summed E-state index contributed by atoms with van der Waals surface area (Å²) in [5.41, 5.74) is -1.65. The largest absolute Gasteiger partial charge is 0.459 e. The molecule has 0 aliphatic heterocycles.